The molecule has 0 spiro atoms. The topological polar surface area (TPSA) is 78.7 Å². The number of ether oxygens (including phenoxy) is 3. The molecule has 2 aliphatic heterocycles. The van der Waals surface area contributed by atoms with E-state index in [9.17, 15) is 22.4 Å². The van der Waals surface area contributed by atoms with Gasteiger partial charge in [0.05, 0.1) is 25.3 Å². The molecule has 1 amide bonds. The van der Waals surface area contributed by atoms with E-state index in [-0.39, 0.29) is 19.1 Å². The number of carbonyl (C=O) groups excluding carboxylic acids is 1. The molecule has 5 rings (SSSR count). The van der Waals surface area contributed by atoms with Crippen molar-refractivity contribution in [1.29, 1.82) is 0 Å². The molecule has 0 N–H and O–H groups in total. The maximum absolute atomic E-state index is 13.3. The summed E-state index contributed by atoms with van der Waals surface area (Å²) >= 11 is 7.84. The highest BCUT2D eigenvalue weighted by atomic mass is 35.5. The summed E-state index contributed by atoms with van der Waals surface area (Å²) in [5.74, 6) is 0.316. The van der Waals surface area contributed by atoms with Crippen LogP contribution < -0.4 is 4.74 Å². The van der Waals surface area contributed by atoms with Crippen molar-refractivity contribution < 1.29 is 36.6 Å². The lowest BCUT2D eigenvalue weighted by Gasteiger charge is -2.31. The number of fused-ring (bicyclic) bond motifs is 1. The quantitative estimate of drug-likeness (QED) is 0.314. The number of aromatic nitrogens is 3. The van der Waals surface area contributed by atoms with Crippen molar-refractivity contribution >= 4 is 28.8 Å². The number of alkyl halides is 4. The molecule has 4 heterocycles. The number of halogens is 5. The Balaban J connectivity index is 1.18. The van der Waals surface area contributed by atoms with E-state index >= 15 is 0 Å². The first-order chi connectivity index (χ1) is 18.7. The van der Waals surface area contributed by atoms with E-state index in [1.807, 2.05) is 5.38 Å². The summed E-state index contributed by atoms with van der Waals surface area (Å²) < 4.78 is 70.4. The fraction of sp³-hybridized carbons (Fsp3) is 0.480. The van der Waals surface area contributed by atoms with Gasteiger partial charge in [0.2, 0.25) is 12.2 Å². The van der Waals surface area contributed by atoms with Gasteiger partial charge in [-0.3, -0.25) is 9.48 Å². The predicted octanol–water partition coefficient (Wildman–Crippen LogP) is 6.03. The normalized spacial score (nSPS) is 18.5. The lowest BCUT2D eigenvalue weighted by molar-refractivity contribution is -0.155. The van der Waals surface area contributed by atoms with Crippen LogP contribution in [0.5, 0.6) is 5.75 Å². The smallest absolute Gasteiger partial charge is 0.282 e. The molecule has 1 fully saturated rings. The lowest BCUT2D eigenvalue weighted by Crippen LogP contribution is -2.40. The van der Waals surface area contributed by atoms with E-state index in [4.69, 9.17) is 30.8 Å². The van der Waals surface area contributed by atoms with Crippen LogP contribution in [-0.4, -0.2) is 45.8 Å². The molecule has 0 aliphatic carbocycles. The highest BCUT2D eigenvalue weighted by molar-refractivity contribution is 7.09. The van der Waals surface area contributed by atoms with Gasteiger partial charge < -0.3 is 19.1 Å². The van der Waals surface area contributed by atoms with Crippen LogP contribution in [0.3, 0.4) is 0 Å². The van der Waals surface area contributed by atoms with Gasteiger partial charge in [-0.25, -0.2) is 22.5 Å². The van der Waals surface area contributed by atoms with Crippen LogP contribution in [0.4, 0.5) is 17.6 Å². The maximum atomic E-state index is 13.3. The highest BCUT2D eigenvalue weighted by Crippen LogP contribution is 2.38. The average Bonchev–Trinajstić information content (AvgIpc) is 3.52. The second-order valence-electron chi connectivity index (χ2n) is 9.18. The molecular weight excluding hydrogens is 564 g/mol. The van der Waals surface area contributed by atoms with Crippen molar-refractivity contribution in [2.75, 3.05) is 20.2 Å². The Hall–Kier alpha value is -2.74. The van der Waals surface area contributed by atoms with E-state index in [1.165, 1.54) is 16.2 Å². The minimum Gasteiger partial charge on any atom is -0.496 e. The van der Waals surface area contributed by atoms with Gasteiger partial charge in [-0.1, -0.05) is 11.6 Å². The van der Waals surface area contributed by atoms with Gasteiger partial charge in [-0.15, -0.1) is 11.3 Å². The third-order valence-electron chi connectivity index (χ3n) is 6.85. The van der Waals surface area contributed by atoms with Crippen molar-refractivity contribution in [3.8, 4) is 5.75 Å². The standard InChI is InChI=1S/C25H25ClF4N4O4S/c1-36-20-3-2-16(26)14-10-37-25(38-11-15(14)20)18-12-39-24(31-18)13-4-6-33(7-5-13)21(35)9-34-19(23(29)30)8-17(32-34)22(27)28/h2-3,8,12-13,22-23,25H,4-7,9-11H2,1H3. The fourth-order valence-corrected chi connectivity index (χ4v) is 5.97. The van der Waals surface area contributed by atoms with Crippen molar-refractivity contribution in [1.82, 2.24) is 19.7 Å². The average molecular weight is 589 g/mol. The second-order valence-corrected chi connectivity index (χ2v) is 10.5. The molecule has 1 aromatic carbocycles. The van der Waals surface area contributed by atoms with Gasteiger partial charge in [-0.05, 0) is 31.0 Å². The molecule has 0 saturated carbocycles. The van der Waals surface area contributed by atoms with Crippen LogP contribution in [0.15, 0.2) is 23.6 Å². The fourth-order valence-electron chi connectivity index (χ4n) is 4.75. The summed E-state index contributed by atoms with van der Waals surface area (Å²) in [6, 6.07) is 4.19. The van der Waals surface area contributed by atoms with E-state index in [2.05, 4.69) is 5.10 Å². The number of benzene rings is 1. The minimum atomic E-state index is -3.02. The van der Waals surface area contributed by atoms with Gasteiger partial charge in [0.25, 0.3) is 12.9 Å². The largest absolute Gasteiger partial charge is 0.496 e. The number of amides is 1. The van der Waals surface area contributed by atoms with Gasteiger partial charge >= 0.3 is 0 Å². The zero-order valence-electron chi connectivity index (χ0n) is 20.8. The number of hydrogen-bond donors (Lipinski definition) is 0. The van der Waals surface area contributed by atoms with Crippen LogP contribution >= 0.6 is 22.9 Å². The molecule has 3 aromatic rings. The van der Waals surface area contributed by atoms with Crippen LogP contribution in [0.1, 0.15) is 71.1 Å². The number of likely N-dealkylation sites (tertiary alicyclic amines) is 1. The number of methoxy groups -OCH3 is 1. The van der Waals surface area contributed by atoms with E-state index in [0.29, 0.717) is 53.1 Å². The Morgan fingerprint density at radius 1 is 1.15 bits per heavy atom. The Morgan fingerprint density at radius 3 is 2.54 bits per heavy atom. The minimum absolute atomic E-state index is 0.0945. The first-order valence-electron chi connectivity index (χ1n) is 12.2. The zero-order valence-corrected chi connectivity index (χ0v) is 22.4. The van der Waals surface area contributed by atoms with Crippen LogP contribution in [0.2, 0.25) is 5.02 Å². The predicted molar refractivity (Wildman–Crippen MR) is 133 cm³/mol. The van der Waals surface area contributed by atoms with Gasteiger partial charge in [-0.2, -0.15) is 5.10 Å². The van der Waals surface area contributed by atoms with Gasteiger partial charge in [0.15, 0.2) is 0 Å². The molecule has 39 heavy (non-hydrogen) atoms. The molecular formula is C25H25ClF4N4O4S. The third kappa shape index (κ3) is 5.91. The van der Waals surface area contributed by atoms with Gasteiger partial charge in [0, 0.05) is 40.5 Å². The summed E-state index contributed by atoms with van der Waals surface area (Å²) in [5, 5.41) is 6.84. The summed E-state index contributed by atoms with van der Waals surface area (Å²) in [6.07, 6.45) is -5.46. The van der Waals surface area contributed by atoms with E-state index < -0.39 is 43.0 Å². The monoisotopic (exact) mass is 588 g/mol. The van der Waals surface area contributed by atoms with Crippen molar-refractivity contribution in [3.63, 3.8) is 0 Å². The van der Waals surface area contributed by atoms with Crippen LogP contribution in [0.25, 0.3) is 0 Å². The molecule has 2 aromatic heterocycles. The number of rotatable bonds is 7. The molecule has 0 radical (unpaired) electrons. The van der Waals surface area contributed by atoms with Crippen molar-refractivity contribution in [2.24, 2.45) is 0 Å². The summed E-state index contributed by atoms with van der Waals surface area (Å²) in [7, 11) is 1.58. The number of carbonyl (C=O) groups is 1. The Labute approximate surface area is 230 Å². The first-order valence-corrected chi connectivity index (χ1v) is 13.4. The highest BCUT2D eigenvalue weighted by Gasteiger charge is 2.30. The van der Waals surface area contributed by atoms with E-state index in [0.717, 1.165) is 16.1 Å². The molecule has 2 aliphatic rings. The van der Waals surface area contributed by atoms with Crippen LogP contribution in [0, 0.1) is 0 Å². The number of thiazole rings is 1. The summed E-state index contributed by atoms with van der Waals surface area (Å²) in [5.41, 5.74) is 0.817. The molecule has 8 nitrogen and oxygen atoms in total. The number of hydrogen-bond acceptors (Lipinski definition) is 7. The third-order valence-corrected chi connectivity index (χ3v) is 8.23. The molecule has 1 atom stereocenters. The van der Waals surface area contributed by atoms with Crippen LogP contribution in [-0.2, 0) is 34.0 Å². The van der Waals surface area contributed by atoms with E-state index in [1.54, 1.807) is 19.2 Å². The summed E-state index contributed by atoms with van der Waals surface area (Å²) in [4.78, 5) is 19.0. The number of piperidine rings is 1. The molecule has 1 unspecified atom stereocenters. The molecule has 0 bridgehead atoms. The lowest BCUT2D eigenvalue weighted by atomic mass is 9.97. The first kappa shape index (κ1) is 27.8. The maximum Gasteiger partial charge on any atom is 0.282 e. The second kappa shape index (κ2) is 11.8. The molecule has 14 heteroatoms. The Kier molecular flexibility index (Phi) is 8.40. The SMILES string of the molecule is COc1ccc(Cl)c2c1COC(c1csc(C3CCN(C(=O)Cn4nc(C(F)F)cc4C(F)F)CC3)n1)OC2. The molecule has 210 valence electrons. The Bertz CT molecular complexity index is 1330. The molecule has 1 saturated heterocycles. The Morgan fingerprint density at radius 2 is 1.87 bits per heavy atom. The summed E-state index contributed by atoms with van der Waals surface area (Å²) in [6.45, 7) is 0.738. The van der Waals surface area contributed by atoms with Crippen molar-refractivity contribution in [2.45, 2.75) is 57.7 Å². The zero-order chi connectivity index (χ0) is 27.7. The number of nitrogens with zero attached hydrogens (tertiary/aromatic N) is 4. The van der Waals surface area contributed by atoms with Gasteiger partial charge in [0.1, 0.15) is 29.4 Å². The van der Waals surface area contributed by atoms with Crippen molar-refractivity contribution in [3.05, 3.63) is 61.8 Å².